The number of hydrogen-bond acceptors (Lipinski definition) is 7. The fourth-order valence-corrected chi connectivity index (χ4v) is 3.43. The predicted octanol–water partition coefficient (Wildman–Crippen LogP) is 2.23. The Labute approximate surface area is 191 Å². The number of furan rings is 1. The highest BCUT2D eigenvalue weighted by atomic mass is 16.4. The summed E-state index contributed by atoms with van der Waals surface area (Å²) in [4.78, 5) is 37.0. The van der Waals surface area contributed by atoms with Gasteiger partial charge in [0, 0.05) is 36.3 Å². The fraction of sp³-hybridized carbons (Fsp3) is 0.333. The van der Waals surface area contributed by atoms with Crippen LogP contribution in [0.2, 0.25) is 0 Å². The van der Waals surface area contributed by atoms with Crippen molar-refractivity contribution in [1.29, 1.82) is 0 Å². The van der Waals surface area contributed by atoms with Gasteiger partial charge in [0.15, 0.2) is 5.78 Å². The predicted molar refractivity (Wildman–Crippen MR) is 122 cm³/mol. The summed E-state index contributed by atoms with van der Waals surface area (Å²) in [5.41, 5.74) is 5.21. The summed E-state index contributed by atoms with van der Waals surface area (Å²) in [6.07, 6.45) is 7.83. The Bertz CT molecular complexity index is 1140. The van der Waals surface area contributed by atoms with Crippen LogP contribution in [0.25, 0.3) is 22.1 Å². The summed E-state index contributed by atoms with van der Waals surface area (Å²) in [7, 11) is 4.15. The third-order valence-electron chi connectivity index (χ3n) is 5.38. The van der Waals surface area contributed by atoms with Gasteiger partial charge in [-0.1, -0.05) is 6.07 Å². The molecule has 1 aliphatic heterocycles. The van der Waals surface area contributed by atoms with E-state index >= 15 is 0 Å². The van der Waals surface area contributed by atoms with E-state index in [2.05, 4.69) is 47.5 Å². The molecule has 1 saturated heterocycles. The van der Waals surface area contributed by atoms with E-state index in [1.54, 1.807) is 6.20 Å². The molecule has 1 aliphatic rings. The van der Waals surface area contributed by atoms with Crippen LogP contribution in [0.4, 0.5) is 0 Å². The minimum Gasteiger partial charge on any atom is -0.473 e. The van der Waals surface area contributed by atoms with Gasteiger partial charge in [-0.15, -0.1) is 0 Å². The molecule has 3 heterocycles. The minimum atomic E-state index is -1.82. The van der Waals surface area contributed by atoms with Crippen molar-refractivity contribution in [1.82, 2.24) is 15.2 Å². The topological polar surface area (TPSA) is 133 Å². The molecule has 174 valence electrons. The molecule has 0 spiro atoms. The molecule has 0 radical (unpaired) electrons. The van der Waals surface area contributed by atoms with Crippen LogP contribution in [0.15, 0.2) is 47.3 Å². The van der Waals surface area contributed by atoms with Gasteiger partial charge in [0.25, 0.3) is 0 Å². The quantitative estimate of drug-likeness (QED) is 0.461. The zero-order valence-electron chi connectivity index (χ0n) is 18.6. The Balaban J connectivity index is 0.000000454. The van der Waals surface area contributed by atoms with Gasteiger partial charge in [-0.25, -0.2) is 9.59 Å². The average Bonchev–Trinajstić information content (AvgIpc) is 3.13. The van der Waals surface area contributed by atoms with Gasteiger partial charge in [-0.05, 0) is 68.4 Å². The Kier molecular flexibility index (Phi) is 7.92. The van der Waals surface area contributed by atoms with E-state index in [-0.39, 0.29) is 11.8 Å². The molecule has 0 aliphatic carbocycles. The number of aliphatic carboxylic acids is 2. The molecule has 1 fully saturated rings. The van der Waals surface area contributed by atoms with Crippen LogP contribution in [-0.2, 0) is 27.2 Å². The minimum absolute atomic E-state index is 0.0233. The average molecular weight is 453 g/mol. The van der Waals surface area contributed by atoms with E-state index in [1.165, 1.54) is 5.56 Å². The summed E-state index contributed by atoms with van der Waals surface area (Å²) in [5, 5.41) is 19.1. The number of ketones is 1. The second kappa shape index (κ2) is 10.8. The number of hydrogen-bond donors (Lipinski definition) is 3. The Morgan fingerprint density at radius 1 is 1.12 bits per heavy atom. The van der Waals surface area contributed by atoms with Gasteiger partial charge in [0.2, 0.25) is 0 Å². The molecule has 3 N–H and O–H groups in total. The molecule has 9 heteroatoms. The van der Waals surface area contributed by atoms with Crippen LogP contribution in [0.5, 0.6) is 0 Å². The van der Waals surface area contributed by atoms with Crippen LogP contribution in [0.3, 0.4) is 0 Å². The SMILES string of the molecule is CN(C)CCc1coc2ccc(-c3cncc(CC(=O)C4CCN4)c3)cc12.O=C(O)C(=O)O. The van der Waals surface area contributed by atoms with Crippen LogP contribution < -0.4 is 5.32 Å². The number of likely N-dealkylation sites (N-methyl/N-ethyl adjacent to an activating group) is 1. The second-order valence-electron chi connectivity index (χ2n) is 8.16. The van der Waals surface area contributed by atoms with Gasteiger partial charge < -0.3 is 24.8 Å². The van der Waals surface area contributed by atoms with E-state index in [1.807, 2.05) is 18.5 Å². The maximum absolute atomic E-state index is 12.2. The van der Waals surface area contributed by atoms with Crippen LogP contribution in [0, 0.1) is 0 Å². The summed E-state index contributed by atoms with van der Waals surface area (Å²) in [5.74, 6) is -3.40. The van der Waals surface area contributed by atoms with E-state index in [0.717, 1.165) is 53.6 Å². The second-order valence-corrected chi connectivity index (χ2v) is 8.16. The third-order valence-corrected chi connectivity index (χ3v) is 5.38. The molecule has 4 rings (SSSR count). The van der Waals surface area contributed by atoms with Crippen LogP contribution in [0.1, 0.15) is 17.5 Å². The van der Waals surface area contributed by atoms with E-state index < -0.39 is 11.9 Å². The number of benzene rings is 1. The van der Waals surface area contributed by atoms with Crippen molar-refractivity contribution in [3.05, 3.63) is 54.0 Å². The number of aromatic nitrogens is 1. The van der Waals surface area contributed by atoms with Crippen LogP contribution >= 0.6 is 0 Å². The van der Waals surface area contributed by atoms with Crippen molar-refractivity contribution in [2.75, 3.05) is 27.2 Å². The molecule has 0 bridgehead atoms. The van der Waals surface area contributed by atoms with E-state index in [0.29, 0.717) is 6.42 Å². The smallest absolute Gasteiger partial charge is 0.414 e. The molecule has 1 aromatic carbocycles. The number of Topliss-reactive ketones (excluding diaryl/α,β-unsaturated/α-hetero) is 1. The van der Waals surface area contributed by atoms with Crippen molar-refractivity contribution >= 4 is 28.7 Å². The normalized spacial score (nSPS) is 14.9. The molecule has 9 nitrogen and oxygen atoms in total. The molecule has 0 amide bonds. The number of nitrogens with one attached hydrogen (secondary N) is 1. The number of nitrogens with zero attached hydrogens (tertiary/aromatic N) is 2. The zero-order chi connectivity index (χ0) is 24.0. The van der Waals surface area contributed by atoms with Crippen molar-refractivity contribution in [3.8, 4) is 11.1 Å². The first-order valence-electron chi connectivity index (χ1n) is 10.6. The van der Waals surface area contributed by atoms with Crippen molar-refractivity contribution < 1.29 is 29.0 Å². The van der Waals surface area contributed by atoms with Gasteiger partial charge in [0.1, 0.15) is 5.58 Å². The van der Waals surface area contributed by atoms with E-state index in [9.17, 15) is 4.79 Å². The summed E-state index contributed by atoms with van der Waals surface area (Å²) in [6, 6.07) is 8.33. The summed E-state index contributed by atoms with van der Waals surface area (Å²) < 4.78 is 5.71. The maximum atomic E-state index is 12.2. The monoisotopic (exact) mass is 453 g/mol. The number of rotatable bonds is 7. The molecule has 2 aromatic heterocycles. The molecular weight excluding hydrogens is 426 g/mol. The van der Waals surface area contributed by atoms with Crippen molar-refractivity contribution in [2.24, 2.45) is 0 Å². The number of fused-ring (bicyclic) bond motifs is 1. The Morgan fingerprint density at radius 3 is 2.45 bits per heavy atom. The molecular formula is C24H27N3O6. The lowest BCUT2D eigenvalue weighted by atomic mass is 9.96. The van der Waals surface area contributed by atoms with Crippen LogP contribution in [-0.4, -0.2) is 71.0 Å². The Hall–Kier alpha value is -3.56. The molecule has 3 aromatic rings. The standard InChI is InChI=1S/C22H25N3O2.C2H2O4/c1-25(2)8-6-17-14-27-22-4-3-16(11-19(17)22)18-9-15(12-23-13-18)10-21(26)20-5-7-24-20;3-1(4)2(5)6/h3-4,9,11-14,20,24H,5-8,10H2,1-2H3;(H,3,4)(H,5,6). The van der Waals surface area contributed by atoms with Crippen molar-refractivity contribution in [3.63, 3.8) is 0 Å². The van der Waals surface area contributed by atoms with Crippen molar-refractivity contribution in [2.45, 2.75) is 25.3 Å². The highest BCUT2D eigenvalue weighted by Gasteiger charge is 2.24. The molecule has 33 heavy (non-hydrogen) atoms. The fourth-order valence-electron chi connectivity index (χ4n) is 3.43. The first-order chi connectivity index (χ1) is 15.7. The molecule has 0 saturated carbocycles. The lowest BCUT2D eigenvalue weighted by molar-refractivity contribution is -0.159. The lowest BCUT2D eigenvalue weighted by Crippen LogP contribution is -2.49. The summed E-state index contributed by atoms with van der Waals surface area (Å²) in [6.45, 7) is 1.92. The number of carboxylic acid groups (broad SMARTS) is 2. The van der Waals surface area contributed by atoms with E-state index in [4.69, 9.17) is 24.2 Å². The summed E-state index contributed by atoms with van der Waals surface area (Å²) >= 11 is 0. The third kappa shape index (κ3) is 6.47. The Morgan fingerprint density at radius 2 is 1.85 bits per heavy atom. The van der Waals surface area contributed by atoms with Gasteiger partial charge in [-0.3, -0.25) is 9.78 Å². The zero-order valence-corrected chi connectivity index (χ0v) is 18.6. The highest BCUT2D eigenvalue weighted by molar-refractivity contribution is 6.27. The van der Waals surface area contributed by atoms with Gasteiger partial charge in [0.05, 0.1) is 12.3 Å². The molecule has 1 atom stereocenters. The van der Waals surface area contributed by atoms with Gasteiger partial charge in [-0.2, -0.15) is 0 Å². The van der Waals surface area contributed by atoms with Gasteiger partial charge >= 0.3 is 11.9 Å². The largest absolute Gasteiger partial charge is 0.473 e. The number of carbonyl (C=O) groups excluding carboxylic acids is 1. The number of pyridine rings is 1. The first kappa shape index (κ1) is 24.1. The highest BCUT2D eigenvalue weighted by Crippen LogP contribution is 2.28. The lowest BCUT2D eigenvalue weighted by Gasteiger charge is -2.26. The molecule has 1 unspecified atom stereocenters. The first-order valence-corrected chi connectivity index (χ1v) is 10.6. The number of carboxylic acids is 2. The number of carbonyl (C=O) groups is 3. The maximum Gasteiger partial charge on any atom is 0.414 e.